The molecule has 0 aliphatic carbocycles. The number of hydrogen-bond donors (Lipinski definition) is 1. The van der Waals surface area contributed by atoms with Crippen LogP contribution in [0.25, 0.3) is 0 Å². The molecule has 1 heterocycles. The second-order valence-corrected chi connectivity index (χ2v) is 7.90. The van der Waals surface area contributed by atoms with E-state index in [-0.39, 0.29) is 24.7 Å². The molecule has 6 nitrogen and oxygen atoms in total. The van der Waals surface area contributed by atoms with Gasteiger partial charge in [-0.2, -0.15) is 0 Å². The molecule has 0 radical (unpaired) electrons. The summed E-state index contributed by atoms with van der Waals surface area (Å²) in [6.07, 6.45) is 1.44. The zero-order chi connectivity index (χ0) is 20.9. The highest BCUT2D eigenvalue weighted by molar-refractivity contribution is 6.30. The van der Waals surface area contributed by atoms with Crippen molar-refractivity contribution in [2.24, 2.45) is 0 Å². The lowest BCUT2D eigenvalue weighted by atomic mass is 10.0. The van der Waals surface area contributed by atoms with Crippen LogP contribution in [0.5, 0.6) is 11.5 Å². The van der Waals surface area contributed by atoms with Crippen LogP contribution in [0.15, 0.2) is 42.5 Å². The third-order valence-corrected chi connectivity index (χ3v) is 4.67. The van der Waals surface area contributed by atoms with Crippen LogP contribution in [-0.2, 0) is 27.2 Å². The minimum Gasteiger partial charge on any atom is -0.483 e. The van der Waals surface area contributed by atoms with Gasteiger partial charge in [0.15, 0.2) is 24.7 Å². The summed E-state index contributed by atoms with van der Waals surface area (Å²) in [5, 5.41) is 3.38. The largest absolute Gasteiger partial charge is 0.483 e. The summed E-state index contributed by atoms with van der Waals surface area (Å²) in [6.45, 7) is 3.79. The molecule has 29 heavy (non-hydrogen) atoms. The number of hydrogen-bond acceptors (Lipinski definition) is 5. The van der Waals surface area contributed by atoms with Crippen molar-refractivity contribution in [3.63, 3.8) is 0 Å². The molecule has 0 aromatic heterocycles. The molecule has 1 amide bonds. The standard InChI is InChI=1S/C22H24ClNO5/c1-22(2)12-16-4-3-5-18(21(16)29-22)27-14-20(26)28-13-19(25)24-11-10-15-6-8-17(23)9-7-15/h3-9H,10-14H2,1-2H3,(H,24,25). The number of halogens is 1. The van der Waals surface area contributed by atoms with Crippen LogP contribution >= 0.6 is 11.6 Å². The van der Waals surface area contributed by atoms with Gasteiger partial charge in [-0.15, -0.1) is 0 Å². The predicted molar refractivity (Wildman–Crippen MR) is 109 cm³/mol. The second-order valence-electron chi connectivity index (χ2n) is 7.46. The molecule has 0 saturated carbocycles. The Bertz CT molecular complexity index is 879. The average Bonchev–Trinajstić information content (AvgIpc) is 3.00. The average molecular weight is 418 g/mol. The summed E-state index contributed by atoms with van der Waals surface area (Å²) in [4.78, 5) is 23.7. The van der Waals surface area contributed by atoms with Gasteiger partial charge in [-0.3, -0.25) is 4.79 Å². The number of esters is 1. The summed E-state index contributed by atoms with van der Waals surface area (Å²) in [5.41, 5.74) is 1.80. The number of benzene rings is 2. The van der Waals surface area contributed by atoms with E-state index in [4.69, 9.17) is 25.8 Å². The first kappa shape index (κ1) is 21.0. The van der Waals surface area contributed by atoms with Crippen molar-refractivity contribution in [2.75, 3.05) is 19.8 Å². The Morgan fingerprint density at radius 1 is 1.14 bits per heavy atom. The molecule has 1 aliphatic heterocycles. The van der Waals surface area contributed by atoms with E-state index < -0.39 is 5.97 Å². The number of carbonyl (C=O) groups excluding carboxylic acids is 2. The molecule has 0 fully saturated rings. The molecule has 154 valence electrons. The van der Waals surface area contributed by atoms with Gasteiger partial charge in [0.25, 0.3) is 5.91 Å². The molecule has 2 aromatic rings. The minimum atomic E-state index is -0.618. The lowest BCUT2D eigenvalue weighted by molar-refractivity contribution is -0.150. The van der Waals surface area contributed by atoms with E-state index in [1.54, 1.807) is 18.2 Å². The van der Waals surface area contributed by atoms with E-state index in [9.17, 15) is 9.59 Å². The maximum absolute atomic E-state index is 11.9. The first-order valence-electron chi connectivity index (χ1n) is 9.43. The molecule has 0 bridgehead atoms. The quantitative estimate of drug-likeness (QED) is 0.667. The van der Waals surface area contributed by atoms with Gasteiger partial charge in [0.2, 0.25) is 0 Å². The number of ether oxygens (including phenoxy) is 3. The first-order chi connectivity index (χ1) is 13.8. The molecular formula is C22H24ClNO5. The maximum Gasteiger partial charge on any atom is 0.344 e. The van der Waals surface area contributed by atoms with Crippen molar-refractivity contribution < 1.29 is 23.8 Å². The fourth-order valence-corrected chi connectivity index (χ4v) is 3.20. The minimum absolute atomic E-state index is 0.293. The third kappa shape index (κ3) is 6.12. The van der Waals surface area contributed by atoms with E-state index in [0.29, 0.717) is 29.5 Å². The number of amides is 1. The second kappa shape index (κ2) is 9.18. The van der Waals surface area contributed by atoms with Crippen LogP contribution in [0.3, 0.4) is 0 Å². The highest BCUT2D eigenvalue weighted by atomic mass is 35.5. The van der Waals surface area contributed by atoms with Gasteiger partial charge in [0.05, 0.1) is 0 Å². The molecule has 7 heteroatoms. The molecule has 1 N–H and O–H groups in total. The molecule has 0 spiro atoms. The van der Waals surface area contributed by atoms with Gasteiger partial charge >= 0.3 is 5.97 Å². The van der Waals surface area contributed by atoms with Gasteiger partial charge in [0.1, 0.15) is 5.60 Å². The predicted octanol–water partition coefficient (Wildman–Crippen LogP) is 3.33. The Morgan fingerprint density at radius 3 is 2.66 bits per heavy atom. The van der Waals surface area contributed by atoms with Crippen molar-refractivity contribution in [1.82, 2.24) is 5.32 Å². The van der Waals surface area contributed by atoms with Crippen LogP contribution in [0.2, 0.25) is 5.02 Å². The van der Waals surface area contributed by atoms with Crippen LogP contribution in [0.4, 0.5) is 0 Å². The van der Waals surface area contributed by atoms with E-state index >= 15 is 0 Å². The van der Waals surface area contributed by atoms with E-state index in [1.165, 1.54) is 0 Å². The molecular weight excluding hydrogens is 394 g/mol. The van der Waals surface area contributed by atoms with Crippen LogP contribution in [-0.4, -0.2) is 37.2 Å². The SMILES string of the molecule is CC1(C)Cc2cccc(OCC(=O)OCC(=O)NCCc3ccc(Cl)cc3)c2O1. The van der Waals surface area contributed by atoms with E-state index in [2.05, 4.69) is 5.32 Å². The maximum atomic E-state index is 11.9. The zero-order valence-corrected chi connectivity index (χ0v) is 17.3. The number of carbonyl (C=O) groups is 2. The van der Waals surface area contributed by atoms with Gasteiger partial charge in [-0.25, -0.2) is 4.79 Å². The van der Waals surface area contributed by atoms with Gasteiger partial charge < -0.3 is 19.5 Å². The van der Waals surface area contributed by atoms with Crippen molar-refractivity contribution >= 4 is 23.5 Å². The molecule has 3 rings (SSSR count). The lowest BCUT2D eigenvalue weighted by Crippen LogP contribution is -2.31. The summed E-state index contributed by atoms with van der Waals surface area (Å²) < 4.78 is 16.4. The Morgan fingerprint density at radius 2 is 1.90 bits per heavy atom. The fraction of sp³-hybridized carbons (Fsp3) is 0.364. The van der Waals surface area contributed by atoms with Crippen molar-refractivity contribution in [1.29, 1.82) is 0 Å². The molecule has 0 unspecified atom stereocenters. The van der Waals surface area contributed by atoms with Gasteiger partial charge in [0, 0.05) is 23.6 Å². The van der Waals surface area contributed by atoms with Gasteiger partial charge in [-0.1, -0.05) is 35.9 Å². The molecule has 2 aromatic carbocycles. The smallest absolute Gasteiger partial charge is 0.344 e. The highest BCUT2D eigenvalue weighted by Crippen LogP contribution is 2.41. The number of nitrogens with one attached hydrogen (secondary N) is 1. The summed E-state index contributed by atoms with van der Waals surface area (Å²) in [6, 6.07) is 13.0. The van der Waals surface area contributed by atoms with Crippen LogP contribution in [0.1, 0.15) is 25.0 Å². The normalized spacial score (nSPS) is 13.9. The van der Waals surface area contributed by atoms with Crippen molar-refractivity contribution in [2.45, 2.75) is 32.3 Å². The Labute approximate surface area is 175 Å². The van der Waals surface area contributed by atoms with Gasteiger partial charge in [-0.05, 0) is 44.0 Å². The summed E-state index contributed by atoms with van der Waals surface area (Å²) in [5.74, 6) is 0.174. The zero-order valence-electron chi connectivity index (χ0n) is 16.5. The van der Waals surface area contributed by atoms with Crippen molar-refractivity contribution in [3.05, 3.63) is 58.6 Å². The van der Waals surface area contributed by atoms with Crippen molar-refractivity contribution in [3.8, 4) is 11.5 Å². The highest BCUT2D eigenvalue weighted by Gasteiger charge is 2.32. The monoisotopic (exact) mass is 417 g/mol. The Hall–Kier alpha value is -2.73. The number of rotatable bonds is 8. The van der Waals surface area contributed by atoms with Crippen LogP contribution < -0.4 is 14.8 Å². The summed E-state index contributed by atoms with van der Waals surface area (Å²) >= 11 is 5.84. The topological polar surface area (TPSA) is 73.9 Å². The van der Waals surface area contributed by atoms with E-state index in [0.717, 1.165) is 17.5 Å². The number of fused-ring (bicyclic) bond motifs is 1. The van der Waals surface area contributed by atoms with Crippen LogP contribution in [0, 0.1) is 0 Å². The lowest BCUT2D eigenvalue weighted by Gasteiger charge is -2.18. The molecule has 0 atom stereocenters. The Balaban J connectivity index is 1.37. The Kier molecular flexibility index (Phi) is 6.64. The third-order valence-electron chi connectivity index (χ3n) is 4.41. The molecule has 0 saturated heterocycles. The number of para-hydroxylation sites is 1. The molecule has 1 aliphatic rings. The first-order valence-corrected chi connectivity index (χ1v) is 9.81. The summed E-state index contributed by atoms with van der Waals surface area (Å²) in [7, 11) is 0. The fourth-order valence-electron chi connectivity index (χ4n) is 3.07. The van der Waals surface area contributed by atoms with E-state index in [1.807, 2.05) is 38.1 Å².